The van der Waals surface area contributed by atoms with Crippen molar-refractivity contribution < 1.29 is 14.4 Å². The zero-order valence-corrected chi connectivity index (χ0v) is 14.6. The zero-order valence-electron chi connectivity index (χ0n) is 14.6. The van der Waals surface area contributed by atoms with Crippen molar-refractivity contribution in [2.75, 3.05) is 6.54 Å². The molecule has 1 unspecified atom stereocenters. The summed E-state index contributed by atoms with van der Waals surface area (Å²) >= 11 is 0. The first-order valence-corrected chi connectivity index (χ1v) is 7.80. The van der Waals surface area contributed by atoms with Gasteiger partial charge in [-0.3, -0.25) is 14.4 Å². The van der Waals surface area contributed by atoms with Gasteiger partial charge in [0.05, 0.1) is 6.54 Å². The van der Waals surface area contributed by atoms with Gasteiger partial charge in [-0.15, -0.1) is 0 Å². The van der Waals surface area contributed by atoms with Crippen molar-refractivity contribution in [1.29, 1.82) is 0 Å². The first-order chi connectivity index (χ1) is 11.2. The molecule has 24 heavy (non-hydrogen) atoms. The third-order valence-corrected chi connectivity index (χ3v) is 2.92. The molecule has 0 bridgehead atoms. The van der Waals surface area contributed by atoms with Crippen molar-refractivity contribution in [3.05, 3.63) is 42.0 Å². The minimum atomic E-state index is -0.736. The largest absolute Gasteiger partial charge is 0.350 e. The first kappa shape index (κ1) is 19.4. The maximum atomic E-state index is 11.9. The number of amides is 3. The summed E-state index contributed by atoms with van der Waals surface area (Å²) in [5.74, 6) is -1.07. The lowest BCUT2D eigenvalue weighted by atomic mass is 10.1. The molecular weight excluding hydrogens is 306 g/mol. The van der Waals surface area contributed by atoms with Crippen LogP contribution in [0.2, 0.25) is 0 Å². The van der Waals surface area contributed by atoms with Gasteiger partial charge in [-0.1, -0.05) is 30.3 Å². The highest BCUT2D eigenvalue weighted by atomic mass is 16.2. The summed E-state index contributed by atoms with van der Waals surface area (Å²) in [6, 6.07) is 8.63. The number of rotatable bonds is 6. The molecule has 1 aromatic rings. The molecule has 0 heterocycles. The average Bonchev–Trinajstić information content (AvgIpc) is 2.50. The van der Waals surface area contributed by atoms with Gasteiger partial charge in [0.2, 0.25) is 17.7 Å². The van der Waals surface area contributed by atoms with E-state index >= 15 is 0 Å². The van der Waals surface area contributed by atoms with E-state index in [9.17, 15) is 14.4 Å². The predicted molar refractivity (Wildman–Crippen MR) is 94.0 cm³/mol. The fourth-order valence-corrected chi connectivity index (χ4v) is 1.85. The van der Waals surface area contributed by atoms with E-state index < -0.39 is 11.9 Å². The normalized spacial score (nSPS) is 12.5. The molecule has 0 aliphatic heterocycles. The molecule has 0 saturated heterocycles. The number of carbonyl (C=O) groups is 3. The van der Waals surface area contributed by atoms with Gasteiger partial charge in [0.25, 0.3) is 0 Å². The summed E-state index contributed by atoms with van der Waals surface area (Å²) in [7, 11) is 0. The molecule has 0 aliphatic rings. The smallest absolute Gasteiger partial charge is 0.244 e. The fraction of sp³-hybridized carbons (Fsp3) is 0.389. The SMILES string of the molecule is CC(NC(=O)/C=C/c1ccccc1)C(=O)NCC(=O)NC(C)(C)C. The number of hydrogen-bond acceptors (Lipinski definition) is 3. The Labute approximate surface area is 142 Å². The summed E-state index contributed by atoms with van der Waals surface area (Å²) in [4.78, 5) is 35.3. The Hall–Kier alpha value is -2.63. The van der Waals surface area contributed by atoms with Crippen LogP contribution in [-0.2, 0) is 14.4 Å². The molecule has 1 aromatic carbocycles. The standard InChI is InChI=1S/C18H25N3O3/c1-13(17(24)19-12-16(23)21-18(2,3)4)20-15(22)11-10-14-8-6-5-7-9-14/h5-11,13H,12H2,1-4H3,(H,19,24)(H,20,22)(H,21,23)/b11-10+. The van der Waals surface area contributed by atoms with Gasteiger partial charge < -0.3 is 16.0 Å². The lowest BCUT2D eigenvalue weighted by Crippen LogP contribution is -2.49. The minimum absolute atomic E-state index is 0.129. The van der Waals surface area contributed by atoms with Gasteiger partial charge >= 0.3 is 0 Å². The number of benzene rings is 1. The van der Waals surface area contributed by atoms with Crippen LogP contribution in [0.5, 0.6) is 0 Å². The Balaban J connectivity index is 2.39. The lowest BCUT2D eigenvalue weighted by Gasteiger charge is -2.21. The summed E-state index contributed by atoms with van der Waals surface area (Å²) in [6.45, 7) is 7.00. The molecule has 6 heteroatoms. The average molecular weight is 331 g/mol. The third-order valence-electron chi connectivity index (χ3n) is 2.92. The Morgan fingerprint density at radius 3 is 2.33 bits per heavy atom. The third kappa shape index (κ3) is 8.12. The molecule has 0 aliphatic carbocycles. The Morgan fingerprint density at radius 1 is 1.12 bits per heavy atom. The van der Waals surface area contributed by atoms with Gasteiger partial charge in [0.15, 0.2) is 0 Å². The van der Waals surface area contributed by atoms with Crippen molar-refractivity contribution in [3.8, 4) is 0 Å². The van der Waals surface area contributed by atoms with Crippen LogP contribution in [0.15, 0.2) is 36.4 Å². The highest BCUT2D eigenvalue weighted by Gasteiger charge is 2.17. The van der Waals surface area contributed by atoms with Gasteiger partial charge in [0, 0.05) is 11.6 Å². The second-order valence-electron chi connectivity index (χ2n) is 6.49. The summed E-state index contributed by atoms with van der Waals surface area (Å²) in [6.07, 6.45) is 3.03. The van der Waals surface area contributed by atoms with E-state index in [0.29, 0.717) is 0 Å². The Bertz CT molecular complexity index is 604. The van der Waals surface area contributed by atoms with Crippen molar-refractivity contribution in [1.82, 2.24) is 16.0 Å². The van der Waals surface area contributed by atoms with Crippen molar-refractivity contribution >= 4 is 23.8 Å². The molecule has 1 atom stereocenters. The number of nitrogens with one attached hydrogen (secondary N) is 3. The van der Waals surface area contributed by atoms with Gasteiger partial charge in [-0.2, -0.15) is 0 Å². The van der Waals surface area contributed by atoms with Crippen LogP contribution >= 0.6 is 0 Å². The summed E-state index contributed by atoms with van der Waals surface area (Å²) in [5.41, 5.74) is 0.535. The van der Waals surface area contributed by atoms with Crippen LogP contribution in [0.25, 0.3) is 6.08 Å². The van der Waals surface area contributed by atoms with E-state index in [2.05, 4.69) is 16.0 Å². The van der Waals surface area contributed by atoms with Gasteiger partial charge in [-0.25, -0.2) is 0 Å². The van der Waals surface area contributed by atoms with Crippen LogP contribution in [0, 0.1) is 0 Å². The van der Waals surface area contributed by atoms with Gasteiger partial charge in [0.1, 0.15) is 6.04 Å². The maximum Gasteiger partial charge on any atom is 0.244 e. The molecule has 1 rings (SSSR count). The van der Waals surface area contributed by atoms with Crippen LogP contribution < -0.4 is 16.0 Å². The summed E-state index contributed by atoms with van der Waals surface area (Å²) in [5, 5.41) is 7.79. The van der Waals surface area contributed by atoms with Crippen LogP contribution in [0.1, 0.15) is 33.3 Å². The molecule has 0 saturated carbocycles. The van der Waals surface area contributed by atoms with E-state index in [-0.39, 0.29) is 23.9 Å². The van der Waals surface area contributed by atoms with Gasteiger partial charge in [-0.05, 0) is 39.3 Å². The lowest BCUT2D eigenvalue weighted by molar-refractivity contribution is -0.129. The maximum absolute atomic E-state index is 11.9. The molecule has 0 aromatic heterocycles. The molecule has 3 N–H and O–H groups in total. The van der Waals surface area contributed by atoms with Crippen molar-refractivity contribution in [2.24, 2.45) is 0 Å². The first-order valence-electron chi connectivity index (χ1n) is 7.80. The molecule has 0 fully saturated rings. The monoisotopic (exact) mass is 331 g/mol. The topological polar surface area (TPSA) is 87.3 Å². The van der Waals surface area contributed by atoms with Crippen LogP contribution in [0.4, 0.5) is 0 Å². The highest BCUT2D eigenvalue weighted by molar-refractivity contribution is 5.96. The molecule has 130 valence electrons. The predicted octanol–water partition coefficient (Wildman–Crippen LogP) is 1.24. The molecule has 3 amide bonds. The Morgan fingerprint density at radius 2 is 1.75 bits per heavy atom. The van der Waals surface area contributed by atoms with Crippen molar-refractivity contribution in [3.63, 3.8) is 0 Å². The van der Waals surface area contributed by atoms with Crippen LogP contribution in [0.3, 0.4) is 0 Å². The quantitative estimate of drug-likeness (QED) is 0.685. The highest BCUT2D eigenvalue weighted by Crippen LogP contribution is 2.00. The van der Waals surface area contributed by atoms with E-state index in [1.165, 1.54) is 6.08 Å². The second kappa shape index (κ2) is 8.86. The molecule has 0 spiro atoms. The van der Waals surface area contributed by atoms with Crippen LogP contribution in [-0.4, -0.2) is 35.8 Å². The van der Waals surface area contributed by atoms with Crippen molar-refractivity contribution in [2.45, 2.75) is 39.3 Å². The number of carbonyl (C=O) groups excluding carboxylic acids is 3. The molecule has 0 radical (unpaired) electrons. The van der Waals surface area contributed by atoms with E-state index in [1.54, 1.807) is 13.0 Å². The van der Waals surface area contributed by atoms with E-state index in [4.69, 9.17) is 0 Å². The summed E-state index contributed by atoms with van der Waals surface area (Å²) < 4.78 is 0. The minimum Gasteiger partial charge on any atom is -0.350 e. The molecule has 6 nitrogen and oxygen atoms in total. The van der Waals surface area contributed by atoms with E-state index in [0.717, 1.165) is 5.56 Å². The second-order valence-corrected chi connectivity index (χ2v) is 6.49. The molecular formula is C18H25N3O3. The van der Waals surface area contributed by atoms with E-state index in [1.807, 2.05) is 51.1 Å². The zero-order chi connectivity index (χ0) is 18.2. The fourth-order valence-electron chi connectivity index (χ4n) is 1.85. The Kier molecular flexibility index (Phi) is 7.17. The number of hydrogen-bond donors (Lipinski definition) is 3.